The zero-order valence-corrected chi connectivity index (χ0v) is 14.2. The summed E-state index contributed by atoms with van der Waals surface area (Å²) >= 11 is 0. The number of carbonyl (C=O) groups excluding carboxylic acids is 2. The molecule has 2 aromatic carbocycles. The Morgan fingerprint density at radius 2 is 1.88 bits per heavy atom. The van der Waals surface area contributed by atoms with E-state index in [0.29, 0.717) is 0 Å². The minimum atomic E-state index is -1.89. The first kappa shape index (κ1) is 18.3. The fraction of sp³-hybridized carbons (Fsp3) is 0.125. The molecule has 1 unspecified atom stereocenters. The lowest BCUT2D eigenvalue weighted by molar-refractivity contribution is -0.387. The van der Waals surface area contributed by atoms with E-state index in [-0.39, 0.29) is 26.7 Å². The van der Waals surface area contributed by atoms with Crippen molar-refractivity contribution < 1.29 is 23.5 Å². The second kappa shape index (κ2) is 7.67. The Bertz CT molecular complexity index is 881. The SMILES string of the molecule is COC(=O)c1cc(S(=O)c2ccccc2[N+](=O)[O-])ccc1NC(C)=O. The van der Waals surface area contributed by atoms with Crippen LogP contribution < -0.4 is 5.32 Å². The van der Waals surface area contributed by atoms with Crippen LogP contribution in [0.3, 0.4) is 0 Å². The van der Waals surface area contributed by atoms with Crippen LogP contribution in [0.1, 0.15) is 17.3 Å². The predicted octanol–water partition coefficient (Wildman–Crippen LogP) is 2.51. The first-order valence-electron chi connectivity index (χ1n) is 7.00. The lowest BCUT2D eigenvalue weighted by Gasteiger charge is -2.10. The van der Waals surface area contributed by atoms with Crippen LogP contribution in [0.15, 0.2) is 52.3 Å². The number of carbonyl (C=O) groups is 2. The second-order valence-corrected chi connectivity index (χ2v) is 6.32. The number of nitrogens with one attached hydrogen (secondary N) is 1. The van der Waals surface area contributed by atoms with Crippen molar-refractivity contribution in [2.45, 2.75) is 16.7 Å². The van der Waals surface area contributed by atoms with Gasteiger partial charge in [0.1, 0.15) is 4.90 Å². The van der Waals surface area contributed by atoms with Crippen molar-refractivity contribution in [2.24, 2.45) is 0 Å². The Morgan fingerprint density at radius 3 is 2.48 bits per heavy atom. The van der Waals surface area contributed by atoms with E-state index in [1.165, 1.54) is 56.5 Å². The summed E-state index contributed by atoms with van der Waals surface area (Å²) in [7, 11) is -0.719. The van der Waals surface area contributed by atoms with Gasteiger partial charge in [0.2, 0.25) is 5.91 Å². The fourth-order valence-corrected chi connectivity index (χ4v) is 3.31. The summed E-state index contributed by atoms with van der Waals surface area (Å²) < 4.78 is 17.4. The summed E-state index contributed by atoms with van der Waals surface area (Å²) in [6.45, 7) is 1.28. The van der Waals surface area contributed by atoms with E-state index in [2.05, 4.69) is 10.1 Å². The van der Waals surface area contributed by atoms with Gasteiger partial charge in [-0.15, -0.1) is 0 Å². The number of nitrogens with zero attached hydrogens (tertiary/aromatic N) is 1. The summed E-state index contributed by atoms with van der Waals surface area (Å²) in [6, 6.07) is 9.74. The first-order valence-corrected chi connectivity index (χ1v) is 8.15. The average molecular weight is 362 g/mol. The van der Waals surface area contributed by atoms with Gasteiger partial charge in [0.25, 0.3) is 5.69 Å². The highest BCUT2D eigenvalue weighted by molar-refractivity contribution is 7.85. The highest BCUT2D eigenvalue weighted by atomic mass is 32.2. The Morgan fingerprint density at radius 1 is 1.20 bits per heavy atom. The number of amides is 1. The van der Waals surface area contributed by atoms with E-state index in [9.17, 15) is 23.9 Å². The molecule has 9 heteroatoms. The number of ether oxygens (including phenoxy) is 1. The molecule has 8 nitrogen and oxygen atoms in total. The molecule has 1 amide bonds. The van der Waals surface area contributed by atoms with Crippen molar-refractivity contribution in [1.82, 2.24) is 0 Å². The van der Waals surface area contributed by atoms with Crippen molar-refractivity contribution >= 4 is 34.1 Å². The van der Waals surface area contributed by atoms with Gasteiger partial charge in [-0.1, -0.05) is 12.1 Å². The molecule has 0 heterocycles. The standard InChI is InChI=1S/C16H14N2O6S/c1-10(19)17-13-8-7-11(9-12(13)16(20)24-2)25(23)15-6-4-3-5-14(15)18(21)22/h3-9H,1-2H3,(H,17,19). The van der Waals surface area contributed by atoms with Crippen LogP contribution in [0.5, 0.6) is 0 Å². The molecule has 0 aliphatic rings. The molecule has 0 aliphatic carbocycles. The van der Waals surface area contributed by atoms with Crippen LogP contribution in [0.4, 0.5) is 11.4 Å². The summed E-state index contributed by atoms with van der Waals surface area (Å²) in [6.07, 6.45) is 0. The van der Waals surface area contributed by atoms with Crippen LogP contribution >= 0.6 is 0 Å². The minimum absolute atomic E-state index is 0.00198. The molecule has 130 valence electrons. The Hall–Kier alpha value is -3.07. The third kappa shape index (κ3) is 4.07. The molecule has 0 aromatic heterocycles. The van der Waals surface area contributed by atoms with Crippen molar-refractivity contribution in [3.63, 3.8) is 0 Å². The van der Waals surface area contributed by atoms with Crippen molar-refractivity contribution in [3.8, 4) is 0 Å². The maximum Gasteiger partial charge on any atom is 0.340 e. The highest BCUT2D eigenvalue weighted by Gasteiger charge is 2.22. The maximum absolute atomic E-state index is 12.7. The number of hydrogen-bond acceptors (Lipinski definition) is 6. The van der Waals surface area contributed by atoms with E-state index in [0.717, 1.165) is 0 Å². The molecular formula is C16H14N2O6S. The molecule has 2 aromatic rings. The summed E-state index contributed by atoms with van der Waals surface area (Å²) in [5.74, 6) is -1.12. The average Bonchev–Trinajstić information content (AvgIpc) is 2.60. The Labute approximate surface area is 145 Å². The predicted molar refractivity (Wildman–Crippen MR) is 89.9 cm³/mol. The van der Waals surface area contributed by atoms with Crippen molar-refractivity contribution in [1.29, 1.82) is 0 Å². The lowest BCUT2D eigenvalue weighted by atomic mass is 10.2. The number of methoxy groups -OCH3 is 1. The second-order valence-electron chi connectivity index (χ2n) is 4.87. The molecule has 0 radical (unpaired) electrons. The molecule has 0 saturated carbocycles. The topological polar surface area (TPSA) is 116 Å². The van der Waals surface area contributed by atoms with Crippen molar-refractivity contribution in [3.05, 3.63) is 58.1 Å². The molecule has 1 atom stereocenters. The zero-order chi connectivity index (χ0) is 18.6. The van der Waals surface area contributed by atoms with E-state index in [1.54, 1.807) is 0 Å². The number of para-hydroxylation sites is 1. The molecule has 0 fully saturated rings. The summed E-state index contributed by atoms with van der Waals surface area (Å²) in [5.41, 5.74) is -0.0869. The van der Waals surface area contributed by atoms with Gasteiger partial charge in [0.15, 0.2) is 0 Å². The van der Waals surface area contributed by atoms with Gasteiger partial charge in [0, 0.05) is 17.9 Å². The van der Waals surface area contributed by atoms with Crippen LogP contribution in [-0.4, -0.2) is 28.1 Å². The van der Waals surface area contributed by atoms with Gasteiger partial charge in [0.05, 0.1) is 34.1 Å². The van der Waals surface area contributed by atoms with Gasteiger partial charge < -0.3 is 10.1 Å². The number of benzene rings is 2. The summed E-state index contributed by atoms with van der Waals surface area (Å²) in [5, 5.41) is 13.6. The largest absolute Gasteiger partial charge is 0.465 e. The molecule has 0 aliphatic heterocycles. The third-order valence-corrected chi connectivity index (χ3v) is 4.61. The van der Waals surface area contributed by atoms with Gasteiger partial charge in [-0.05, 0) is 24.3 Å². The van der Waals surface area contributed by atoms with Crippen LogP contribution in [0, 0.1) is 10.1 Å². The number of hydrogen-bond donors (Lipinski definition) is 1. The third-order valence-electron chi connectivity index (χ3n) is 3.18. The molecule has 0 saturated heterocycles. The van der Waals surface area contributed by atoms with Crippen LogP contribution in [0.25, 0.3) is 0 Å². The normalized spacial score (nSPS) is 11.4. The minimum Gasteiger partial charge on any atom is -0.465 e. The number of esters is 1. The van der Waals surface area contributed by atoms with Gasteiger partial charge in [-0.2, -0.15) is 0 Å². The number of nitro benzene ring substituents is 1. The molecule has 2 rings (SSSR count). The van der Waals surface area contributed by atoms with Crippen LogP contribution in [-0.2, 0) is 20.3 Å². The number of anilines is 1. The smallest absolute Gasteiger partial charge is 0.340 e. The van der Waals surface area contributed by atoms with E-state index < -0.39 is 27.6 Å². The number of rotatable bonds is 5. The van der Waals surface area contributed by atoms with Gasteiger partial charge >= 0.3 is 5.97 Å². The Balaban J connectivity index is 2.53. The highest BCUT2D eigenvalue weighted by Crippen LogP contribution is 2.28. The maximum atomic E-state index is 12.7. The lowest BCUT2D eigenvalue weighted by Crippen LogP contribution is -2.12. The van der Waals surface area contributed by atoms with Crippen molar-refractivity contribution in [2.75, 3.05) is 12.4 Å². The molecule has 25 heavy (non-hydrogen) atoms. The fourth-order valence-electron chi connectivity index (χ4n) is 2.11. The van der Waals surface area contributed by atoms with Gasteiger partial charge in [-0.25, -0.2) is 9.00 Å². The first-order chi connectivity index (χ1) is 11.8. The van der Waals surface area contributed by atoms with Crippen LogP contribution in [0.2, 0.25) is 0 Å². The molecule has 1 N–H and O–H groups in total. The van der Waals surface area contributed by atoms with Gasteiger partial charge in [-0.3, -0.25) is 14.9 Å². The Kier molecular flexibility index (Phi) is 5.60. The summed E-state index contributed by atoms with van der Waals surface area (Å²) in [4.78, 5) is 33.8. The molecular weight excluding hydrogens is 348 g/mol. The molecule has 0 bridgehead atoms. The zero-order valence-electron chi connectivity index (χ0n) is 13.3. The van der Waals surface area contributed by atoms with E-state index in [1.807, 2.05) is 0 Å². The van der Waals surface area contributed by atoms with E-state index in [4.69, 9.17) is 0 Å². The number of nitro groups is 1. The quantitative estimate of drug-likeness (QED) is 0.496. The molecule has 0 spiro atoms. The van der Waals surface area contributed by atoms with E-state index >= 15 is 0 Å². The monoisotopic (exact) mass is 362 g/mol.